The summed E-state index contributed by atoms with van der Waals surface area (Å²) in [5, 5.41) is 0.275. The van der Waals surface area contributed by atoms with E-state index in [1.54, 1.807) is 30.5 Å². The molecule has 0 bridgehead atoms. The minimum Gasteiger partial charge on any atom is -0.372 e. The second kappa shape index (κ2) is 7.57. The lowest BCUT2D eigenvalue weighted by Crippen LogP contribution is -2.63. The predicted molar refractivity (Wildman–Crippen MR) is 119 cm³/mol. The van der Waals surface area contributed by atoms with Gasteiger partial charge < -0.3 is 4.74 Å². The van der Waals surface area contributed by atoms with E-state index in [-0.39, 0.29) is 18.3 Å². The van der Waals surface area contributed by atoms with Gasteiger partial charge in [0.1, 0.15) is 11.1 Å². The molecule has 1 saturated heterocycles. The first-order chi connectivity index (χ1) is 14.9. The zero-order valence-electron chi connectivity index (χ0n) is 17.3. The molecule has 162 valence electrons. The van der Waals surface area contributed by atoms with Crippen LogP contribution >= 0.6 is 0 Å². The number of benzene rings is 2. The van der Waals surface area contributed by atoms with E-state index >= 15 is 0 Å². The number of fused-ring (bicyclic) bond motifs is 1. The number of rotatable bonds is 4. The number of hydrogen-bond donors (Lipinski definition) is 1. The molecular weight excluding hydrogens is 415 g/mol. The van der Waals surface area contributed by atoms with Crippen molar-refractivity contribution in [2.45, 2.75) is 49.4 Å². The van der Waals surface area contributed by atoms with Crippen molar-refractivity contribution in [1.82, 2.24) is 4.98 Å². The van der Waals surface area contributed by atoms with E-state index < -0.39 is 20.9 Å². The van der Waals surface area contributed by atoms with Gasteiger partial charge in [-0.1, -0.05) is 17.7 Å². The molecule has 1 saturated carbocycles. The summed E-state index contributed by atoms with van der Waals surface area (Å²) in [4.78, 5) is 4.34. The maximum atomic E-state index is 13.8. The van der Waals surface area contributed by atoms with E-state index in [0.29, 0.717) is 18.5 Å². The zero-order valence-corrected chi connectivity index (χ0v) is 18.2. The van der Waals surface area contributed by atoms with E-state index in [1.165, 1.54) is 6.07 Å². The van der Waals surface area contributed by atoms with Crippen LogP contribution in [0.1, 0.15) is 42.7 Å². The fourth-order valence-corrected chi connectivity index (χ4v) is 6.72. The number of nitrogens with zero attached hydrogens (tertiary/aromatic N) is 1. The molecule has 5 nitrogen and oxygen atoms in total. The molecule has 2 fully saturated rings. The molecule has 1 aliphatic heterocycles. The van der Waals surface area contributed by atoms with Crippen LogP contribution in [0.5, 0.6) is 0 Å². The van der Waals surface area contributed by atoms with Crippen molar-refractivity contribution in [2.24, 2.45) is 0 Å². The highest BCUT2D eigenvalue weighted by atomic mass is 32.2. The van der Waals surface area contributed by atoms with Gasteiger partial charge in [-0.15, -0.1) is 0 Å². The number of anilines is 1. The molecule has 1 unspecified atom stereocenters. The Morgan fingerprint density at radius 2 is 1.84 bits per heavy atom. The molecule has 2 aliphatic rings. The van der Waals surface area contributed by atoms with Crippen molar-refractivity contribution in [3.63, 3.8) is 0 Å². The van der Waals surface area contributed by atoms with Gasteiger partial charge >= 0.3 is 0 Å². The lowest BCUT2D eigenvalue weighted by molar-refractivity contribution is -0.160. The van der Waals surface area contributed by atoms with Gasteiger partial charge in [-0.3, -0.25) is 9.71 Å². The molecule has 0 amide bonds. The standard InChI is InChI=1S/C24H25FN2O3S/c1-16-2-5-19(6-3-16)27-31(28,29)23-15-30-24(23)11-8-17(9-12-24)20-10-13-26-22-7-4-18(25)14-21(20)22/h2-7,10,13-14,17,23,27H,8-9,11-12,15H2,1H3. The van der Waals surface area contributed by atoms with Crippen LogP contribution < -0.4 is 4.72 Å². The minimum atomic E-state index is -3.55. The average molecular weight is 441 g/mol. The number of halogens is 1. The predicted octanol–water partition coefficient (Wildman–Crippen LogP) is 4.92. The first-order valence-corrected chi connectivity index (χ1v) is 12.2. The van der Waals surface area contributed by atoms with E-state index in [9.17, 15) is 12.8 Å². The number of aryl methyl sites for hydroxylation is 1. The molecule has 31 heavy (non-hydrogen) atoms. The Kier molecular flexibility index (Phi) is 4.98. The molecule has 1 aliphatic carbocycles. The largest absolute Gasteiger partial charge is 0.372 e. The van der Waals surface area contributed by atoms with Crippen LogP contribution in [0.3, 0.4) is 0 Å². The van der Waals surface area contributed by atoms with Crippen LogP contribution in [0.2, 0.25) is 0 Å². The van der Waals surface area contributed by atoms with Crippen molar-refractivity contribution in [3.8, 4) is 0 Å². The van der Waals surface area contributed by atoms with Gasteiger partial charge in [-0.25, -0.2) is 12.8 Å². The molecule has 1 aromatic heterocycles. The fourth-order valence-electron chi connectivity index (χ4n) is 5.00. The molecule has 0 radical (unpaired) electrons. The molecule has 3 aromatic rings. The van der Waals surface area contributed by atoms with Crippen molar-refractivity contribution in [1.29, 1.82) is 0 Å². The van der Waals surface area contributed by atoms with Crippen LogP contribution in [-0.2, 0) is 14.8 Å². The van der Waals surface area contributed by atoms with Crippen LogP contribution in [0.15, 0.2) is 54.7 Å². The summed E-state index contributed by atoms with van der Waals surface area (Å²) in [6, 6.07) is 14.0. The van der Waals surface area contributed by atoms with Gasteiger partial charge in [-0.2, -0.15) is 0 Å². The molecular formula is C24H25FN2O3S. The summed E-state index contributed by atoms with van der Waals surface area (Å²) in [6.07, 6.45) is 4.68. The van der Waals surface area contributed by atoms with Gasteiger partial charge in [0.25, 0.3) is 0 Å². The molecule has 1 atom stereocenters. The highest BCUT2D eigenvalue weighted by molar-refractivity contribution is 7.93. The second-order valence-corrected chi connectivity index (χ2v) is 10.6. The Balaban J connectivity index is 1.33. The number of aromatic nitrogens is 1. The number of nitrogens with one attached hydrogen (secondary N) is 1. The molecule has 2 aromatic carbocycles. The quantitative estimate of drug-likeness (QED) is 0.625. The van der Waals surface area contributed by atoms with Crippen molar-refractivity contribution < 1.29 is 17.5 Å². The summed E-state index contributed by atoms with van der Waals surface area (Å²) in [5.74, 6) is -0.0415. The molecule has 7 heteroatoms. The maximum Gasteiger partial charge on any atom is 0.240 e. The highest BCUT2D eigenvalue weighted by Gasteiger charge is 2.56. The Morgan fingerprint density at radius 1 is 1.10 bits per heavy atom. The summed E-state index contributed by atoms with van der Waals surface area (Å²) >= 11 is 0. The normalized spacial score (nSPS) is 26.0. The van der Waals surface area contributed by atoms with Crippen molar-refractivity contribution in [2.75, 3.05) is 11.3 Å². The van der Waals surface area contributed by atoms with Crippen molar-refractivity contribution >= 4 is 26.6 Å². The van der Waals surface area contributed by atoms with Crippen LogP contribution in [0.25, 0.3) is 10.9 Å². The van der Waals surface area contributed by atoms with Crippen LogP contribution in [0.4, 0.5) is 10.1 Å². The summed E-state index contributed by atoms with van der Waals surface area (Å²) in [5.41, 5.74) is 2.87. The zero-order chi connectivity index (χ0) is 21.6. The van der Waals surface area contributed by atoms with Crippen molar-refractivity contribution in [3.05, 3.63) is 71.7 Å². The van der Waals surface area contributed by atoms with Gasteiger partial charge in [0.05, 0.1) is 17.7 Å². The van der Waals surface area contributed by atoms with Gasteiger partial charge in [-0.05, 0) is 80.5 Å². The molecule has 1 spiro atoms. The SMILES string of the molecule is Cc1ccc(NS(=O)(=O)C2COC23CCC(c2ccnc4ccc(F)cc24)CC3)cc1. The first-order valence-electron chi connectivity index (χ1n) is 10.6. The molecule has 2 heterocycles. The third-order valence-electron chi connectivity index (χ3n) is 6.80. The number of sulfonamides is 1. The first kappa shape index (κ1) is 20.4. The van der Waals surface area contributed by atoms with E-state index in [0.717, 1.165) is 34.9 Å². The summed E-state index contributed by atoms with van der Waals surface area (Å²) in [7, 11) is -3.55. The van der Waals surface area contributed by atoms with Gasteiger partial charge in [0.15, 0.2) is 0 Å². The maximum absolute atomic E-state index is 13.8. The minimum absolute atomic E-state index is 0.218. The fraction of sp³-hybridized carbons (Fsp3) is 0.375. The lowest BCUT2D eigenvalue weighted by Gasteiger charge is -2.52. The highest BCUT2D eigenvalue weighted by Crippen LogP contribution is 2.49. The lowest BCUT2D eigenvalue weighted by atomic mass is 9.72. The Labute approximate surface area is 181 Å². The van der Waals surface area contributed by atoms with Gasteiger partial charge in [0.2, 0.25) is 10.0 Å². The third kappa shape index (κ3) is 3.70. The van der Waals surface area contributed by atoms with E-state index in [1.807, 2.05) is 25.1 Å². The topological polar surface area (TPSA) is 68.3 Å². The smallest absolute Gasteiger partial charge is 0.240 e. The van der Waals surface area contributed by atoms with Crippen LogP contribution in [-0.4, -0.2) is 30.9 Å². The Hall–Kier alpha value is -2.51. The van der Waals surface area contributed by atoms with E-state index in [2.05, 4.69) is 9.71 Å². The number of ether oxygens (including phenoxy) is 1. The van der Waals surface area contributed by atoms with E-state index in [4.69, 9.17) is 4.74 Å². The number of pyridine rings is 1. The van der Waals surface area contributed by atoms with Crippen LogP contribution in [0, 0.1) is 12.7 Å². The Morgan fingerprint density at radius 3 is 2.52 bits per heavy atom. The monoisotopic (exact) mass is 440 g/mol. The Bertz CT molecular complexity index is 1220. The average Bonchev–Trinajstić information content (AvgIpc) is 2.74. The second-order valence-electron chi connectivity index (χ2n) is 8.71. The molecule has 5 rings (SSSR count). The molecule has 1 N–H and O–H groups in total. The third-order valence-corrected chi connectivity index (χ3v) is 8.64. The number of hydrogen-bond acceptors (Lipinski definition) is 4. The summed E-state index contributed by atoms with van der Waals surface area (Å²) < 4.78 is 48.6. The summed E-state index contributed by atoms with van der Waals surface area (Å²) in [6.45, 7) is 2.18. The van der Waals surface area contributed by atoms with Gasteiger partial charge in [0, 0.05) is 17.3 Å².